The van der Waals surface area contributed by atoms with Gasteiger partial charge in [0.25, 0.3) is 0 Å². The van der Waals surface area contributed by atoms with Crippen LogP contribution in [-0.2, 0) is 0 Å². The molecule has 0 saturated heterocycles. The van der Waals surface area contributed by atoms with Crippen LogP contribution in [0.15, 0.2) is 54.6 Å². The predicted octanol–water partition coefficient (Wildman–Crippen LogP) is 3.35. The molecule has 3 nitrogen and oxygen atoms in total. The molecule has 2 N–H and O–H groups in total. The minimum atomic E-state index is 0.454. The molecule has 1 heterocycles. The molecular formula is C16H15N3. The number of rotatable bonds is 2. The maximum absolute atomic E-state index is 6.09. The monoisotopic (exact) mass is 249 g/mol. The number of hydrogen-bond donors (Lipinski definition) is 1. The Morgan fingerprint density at radius 2 is 1.74 bits per heavy atom. The Morgan fingerprint density at radius 3 is 2.58 bits per heavy atom. The molecule has 19 heavy (non-hydrogen) atoms. The molecule has 3 aromatic rings. The standard InChI is InChI=1S/C16H15N3/c17-16-18-13-8-4-5-9-14(13)19(16)15-10-12(15)11-6-2-1-3-7-11/h1-9,12,15H,10H2,(H2,17,18). The molecule has 2 atom stereocenters. The topological polar surface area (TPSA) is 43.8 Å². The number of anilines is 1. The third kappa shape index (κ3) is 1.62. The van der Waals surface area contributed by atoms with Gasteiger partial charge in [-0.15, -0.1) is 0 Å². The highest BCUT2D eigenvalue weighted by Gasteiger charge is 2.41. The molecule has 1 aliphatic carbocycles. The first-order valence-electron chi connectivity index (χ1n) is 6.62. The van der Waals surface area contributed by atoms with Gasteiger partial charge >= 0.3 is 0 Å². The Hall–Kier alpha value is -2.29. The molecule has 1 fully saturated rings. The summed E-state index contributed by atoms with van der Waals surface area (Å²) in [6.07, 6.45) is 1.15. The molecule has 2 unspecified atom stereocenters. The summed E-state index contributed by atoms with van der Waals surface area (Å²) in [5, 5.41) is 0. The zero-order valence-corrected chi connectivity index (χ0v) is 10.5. The van der Waals surface area contributed by atoms with Crippen LogP contribution in [0.2, 0.25) is 0 Å². The Morgan fingerprint density at radius 1 is 1.00 bits per heavy atom. The van der Waals surface area contributed by atoms with Crippen LogP contribution in [0.4, 0.5) is 5.95 Å². The number of aromatic nitrogens is 2. The van der Waals surface area contributed by atoms with E-state index in [0.717, 1.165) is 17.5 Å². The second kappa shape index (κ2) is 3.85. The van der Waals surface area contributed by atoms with Crippen LogP contribution in [0.25, 0.3) is 11.0 Å². The SMILES string of the molecule is Nc1nc2ccccc2n1C1CC1c1ccccc1. The van der Waals surface area contributed by atoms with Crippen LogP contribution in [0.5, 0.6) is 0 Å². The lowest BCUT2D eigenvalue weighted by atomic mass is 10.1. The van der Waals surface area contributed by atoms with Crippen molar-refractivity contribution in [2.24, 2.45) is 0 Å². The van der Waals surface area contributed by atoms with Gasteiger partial charge in [-0.2, -0.15) is 0 Å². The number of hydrogen-bond acceptors (Lipinski definition) is 2. The van der Waals surface area contributed by atoms with Crippen molar-refractivity contribution in [1.29, 1.82) is 0 Å². The second-order valence-corrected chi connectivity index (χ2v) is 5.15. The summed E-state index contributed by atoms with van der Waals surface area (Å²) in [5.74, 6) is 1.20. The lowest BCUT2D eigenvalue weighted by Crippen LogP contribution is -2.02. The van der Waals surface area contributed by atoms with Gasteiger partial charge in [0.15, 0.2) is 0 Å². The fraction of sp³-hybridized carbons (Fsp3) is 0.188. The molecule has 0 radical (unpaired) electrons. The molecule has 0 spiro atoms. The number of nitrogen functional groups attached to an aromatic ring is 1. The predicted molar refractivity (Wildman–Crippen MR) is 77.0 cm³/mol. The molecule has 0 amide bonds. The first-order chi connectivity index (χ1) is 9.34. The van der Waals surface area contributed by atoms with Crippen LogP contribution in [0, 0.1) is 0 Å². The summed E-state index contributed by atoms with van der Waals surface area (Å²) in [5.41, 5.74) is 9.61. The molecule has 0 bridgehead atoms. The zero-order valence-electron chi connectivity index (χ0n) is 10.5. The highest BCUT2D eigenvalue weighted by molar-refractivity contribution is 5.78. The average Bonchev–Trinajstić information content (AvgIpc) is 3.15. The van der Waals surface area contributed by atoms with Gasteiger partial charge in [-0.25, -0.2) is 4.98 Å². The minimum Gasteiger partial charge on any atom is -0.369 e. The van der Waals surface area contributed by atoms with E-state index in [1.807, 2.05) is 18.2 Å². The summed E-state index contributed by atoms with van der Waals surface area (Å²) < 4.78 is 2.19. The van der Waals surface area contributed by atoms with Gasteiger partial charge in [-0.05, 0) is 24.1 Å². The molecule has 2 aromatic carbocycles. The molecule has 1 aliphatic rings. The summed E-state index contributed by atoms with van der Waals surface area (Å²) in [6.45, 7) is 0. The van der Waals surface area contributed by atoms with Crippen LogP contribution < -0.4 is 5.73 Å². The Labute approximate surface area is 111 Å². The maximum atomic E-state index is 6.09. The van der Waals surface area contributed by atoms with Gasteiger partial charge in [-0.1, -0.05) is 42.5 Å². The largest absolute Gasteiger partial charge is 0.369 e. The summed E-state index contributed by atoms with van der Waals surface area (Å²) in [6, 6.07) is 19.2. The van der Waals surface area contributed by atoms with E-state index in [0.29, 0.717) is 17.9 Å². The van der Waals surface area contributed by atoms with E-state index >= 15 is 0 Å². The zero-order chi connectivity index (χ0) is 12.8. The lowest BCUT2D eigenvalue weighted by molar-refractivity contribution is 0.751. The van der Waals surface area contributed by atoms with Crippen molar-refractivity contribution >= 4 is 17.0 Å². The van der Waals surface area contributed by atoms with Gasteiger partial charge < -0.3 is 10.3 Å². The fourth-order valence-corrected chi connectivity index (χ4v) is 2.94. The highest BCUT2D eigenvalue weighted by atomic mass is 15.2. The summed E-state index contributed by atoms with van der Waals surface area (Å²) >= 11 is 0. The Bertz CT molecular complexity index is 730. The molecule has 1 saturated carbocycles. The maximum Gasteiger partial charge on any atom is 0.201 e. The first kappa shape index (κ1) is 10.6. The molecule has 94 valence electrons. The van der Waals surface area contributed by atoms with Crippen molar-refractivity contribution in [1.82, 2.24) is 9.55 Å². The van der Waals surface area contributed by atoms with Crippen molar-refractivity contribution in [2.75, 3.05) is 5.73 Å². The number of nitrogens with two attached hydrogens (primary N) is 1. The number of fused-ring (bicyclic) bond motifs is 1. The van der Waals surface area contributed by atoms with Crippen LogP contribution in [0.1, 0.15) is 23.9 Å². The van der Waals surface area contributed by atoms with Crippen molar-refractivity contribution in [3.05, 3.63) is 60.2 Å². The van der Waals surface area contributed by atoms with E-state index in [4.69, 9.17) is 5.73 Å². The van der Waals surface area contributed by atoms with Crippen molar-refractivity contribution < 1.29 is 0 Å². The third-order valence-corrected chi connectivity index (χ3v) is 3.94. The summed E-state index contributed by atoms with van der Waals surface area (Å²) in [7, 11) is 0. The van der Waals surface area contributed by atoms with Crippen molar-refractivity contribution in [2.45, 2.75) is 18.4 Å². The number of nitrogens with zero attached hydrogens (tertiary/aromatic N) is 2. The van der Waals surface area contributed by atoms with Crippen LogP contribution in [-0.4, -0.2) is 9.55 Å². The molecule has 3 heteroatoms. The number of benzene rings is 2. The number of para-hydroxylation sites is 2. The van der Waals surface area contributed by atoms with Gasteiger partial charge in [-0.3, -0.25) is 0 Å². The van der Waals surface area contributed by atoms with Crippen LogP contribution in [0.3, 0.4) is 0 Å². The van der Waals surface area contributed by atoms with Gasteiger partial charge in [0.05, 0.1) is 11.0 Å². The molecule has 0 aliphatic heterocycles. The van der Waals surface area contributed by atoms with E-state index in [2.05, 4.69) is 45.9 Å². The van der Waals surface area contributed by atoms with E-state index in [1.165, 1.54) is 5.56 Å². The lowest BCUT2D eigenvalue weighted by Gasteiger charge is -2.06. The minimum absolute atomic E-state index is 0.454. The smallest absolute Gasteiger partial charge is 0.201 e. The summed E-state index contributed by atoms with van der Waals surface area (Å²) in [4.78, 5) is 4.44. The third-order valence-electron chi connectivity index (χ3n) is 3.94. The van der Waals surface area contributed by atoms with Gasteiger partial charge in [0.2, 0.25) is 5.95 Å². The van der Waals surface area contributed by atoms with Crippen molar-refractivity contribution in [3.8, 4) is 0 Å². The van der Waals surface area contributed by atoms with Gasteiger partial charge in [0, 0.05) is 12.0 Å². The average molecular weight is 249 g/mol. The quantitative estimate of drug-likeness (QED) is 0.757. The van der Waals surface area contributed by atoms with Gasteiger partial charge in [0.1, 0.15) is 0 Å². The molecular weight excluding hydrogens is 234 g/mol. The first-order valence-corrected chi connectivity index (χ1v) is 6.62. The fourth-order valence-electron chi connectivity index (χ4n) is 2.94. The van der Waals surface area contributed by atoms with E-state index in [-0.39, 0.29) is 0 Å². The van der Waals surface area contributed by atoms with E-state index < -0.39 is 0 Å². The Kier molecular flexibility index (Phi) is 2.15. The second-order valence-electron chi connectivity index (χ2n) is 5.15. The highest BCUT2D eigenvalue weighted by Crippen LogP contribution is 2.53. The molecule has 1 aromatic heterocycles. The van der Waals surface area contributed by atoms with E-state index in [9.17, 15) is 0 Å². The molecule has 4 rings (SSSR count). The van der Waals surface area contributed by atoms with Crippen LogP contribution >= 0.6 is 0 Å². The normalized spacial score (nSPS) is 21.7. The van der Waals surface area contributed by atoms with E-state index in [1.54, 1.807) is 0 Å². The Balaban J connectivity index is 1.76. The van der Waals surface area contributed by atoms with Crippen molar-refractivity contribution in [3.63, 3.8) is 0 Å². The number of imidazole rings is 1.